The number of nitriles is 1. The molecule has 6 heterocycles. The number of piperidine rings is 4. The number of para-hydroxylation sites is 4. The highest BCUT2D eigenvalue weighted by Crippen LogP contribution is 2.49. The van der Waals surface area contributed by atoms with Crippen molar-refractivity contribution in [3.05, 3.63) is 80.6 Å². The van der Waals surface area contributed by atoms with Gasteiger partial charge in [0.1, 0.15) is 6.07 Å². The van der Waals surface area contributed by atoms with Gasteiger partial charge >= 0.3 is 0 Å². The lowest BCUT2D eigenvalue weighted by Gasteiger charge is -2.55. The molecule has 0 amide bonds. The predicted octanol–water partition coefficient (Wildman–Crippen LogP) is 8.15. The third kappa shape index (κ3) is 8.58. The second-order valence-corrected chi connectivity index (χ2v) is 21.5. The SMILES string of the molecule is N#Cc1nc2ccccc2n(C2C[C@H]3CCC[C@@H](C2)N3C2CC3CCCC(C3)C2)c1=O.NC(=NO)c1nc2ccccc2n(C2C[C@H]3CCC[C@@H](C2)N3C2CC3CCCC(C3)C2)c1=O.NO. The zero-order valence-corrected chi connectivity index (χ0v) is 38.5. The molecule has 2 aromatic heterocycles. The van der Waals surface area contributed by atoms with Crippen LogP contribution in [-0.2, 0) is 0 Å². The first-order chi connectivity index (χ1) is 32.3. The molecule has 10 atom stereocenters. The van der Waals surface area contributed by atoms with Gasteiger partial charge < -0.3 is 25.3 Å². The Morgan fingerprint density at radius 3 is 1.36 bits per heavy atom. The summed E-state index contributed by atoms with van der Waals surface area (Å²) in [5.74, 6) is 7.03. The van der Waals surface area contributed by atoms with Crippen LogP contribution in [0.15, 0.2) is 63.3 Å². The van der Waals surface area contributed by atoms with Crippen LogP contribution < -0.4 is 22.7 Å². The van der Waals surface area contributed by atoms with Gasteiger partial charge in [-0.2, -0.15) is 5.26 Å². The van der Waals surface area contributed by atoms with Crippen LogP contribution >= 0.6 is 0 Å². The maximum Gasteiger partial charge on any atom is 0.288 e. The van der Waals surface area contributed by atoms with E-state index >= 15 is 0 Å². The summed E-state index contributed by atoms with van der Waals surface area (Å²) in [6.07, 6.45) is 28.7. The summed E-state index contributed by atoms with van der Waals surface area (Å²) in [6, 6.07) is 21.6. The van der Waals surface area contributed by atoms with E-state index in [2.05, 4.69) is 30.8 Å². The Hall–Kier alpha value is -4.68. The molecule has 0 spiro atoms. The maximum absolute atomic E-state index is 13.5. The highest BCUT2D eigenvalue weighted by Gasteiger charge is 2.47. The fourth-order valence-corrected chi connectivity index (χ4v) is 15.6. The van der Waals surface area contributed by atoms with Crippen LogP contribution in [0.4, 0.5) is 0 Å². The fraction of sp³-hybridized carbons (Fsp3) is 0.654. The number of fused-ring (bicyclic) bond motifs is 10. The van der Waals surface area contributed by atoms with E-state index in [1.54, 1.807) is 0 Å². The minimum atomic E-state index is -0.243. The van der Waals surface area contributed by atoms with Crippen LogP contribution in [0.25, 0.3) is 22.1 Å². The topological polar surface area (TPSA) is 205 Å². The number of amidine groups is 1. The van der Waals surface area contributed by atoms with Gasteiger partial charge in [-0.05, 0) is 138 Å². The van der Waals surface area contributed by atoms with Crippen LogP contribution in [-0.4, -0.2) is 81.4 Å². The van der Waals surface area contributed by atoms with Gasteiger partial charge in [-0.25, -0.2) is 15.9 Å². The number of nitrogens with two attached hydrogens (primary N) is 2. The minimum absolute atomic E-state index is 0.0337. The normalized spacial score (nSPS) is 34.3. The van der Waals surface area contributed by atoms with E-state index in [1.165, 1.54) is 116 Å². The number of oxime groups is 1. The molecule has 66 heavy (non-hydrogen) atoms. The van der Waals surface area contributed by atoms with Gasteiger partial charge in [0.15, 0.2) is 11.5 Å². The summed E-state index contributed by atoms with van der Waals surface area (Å²) in [5.41, 5.74) is 8.69. The van der Waals surface area contributed by atoms with Crippen molar-refractivity contribution in [2.24, 2.45) is 40.5 Å². The third-order valence-corrected chi connectivity index (χ3v) is 17.8. The van der Waals surface area contributed by atoms with Gasteiger partial charge in [-0.3, -0.25) is 19.4 Å². The number of hydrogen-bond donors (Lipinski definition) is 4. The molecule has 12 rings (SSSR count). The first-order valence-electron chi connectivity index (χ1n) is 25.5. The third-order valence-electron chi connectivity index (χ3n) is 17.8. The molecular formula is C52H70N10O4. The molecule has 8 aliphatic rings. The first-order valence-corrected chi connectivity index (χ1v) is 25.5. The Morgan fingerprint density at radius 1 is 0.545 bits per heavy atom. The minimum Gasteiger partial charge on any atom is -0.409 e. The lowest BCUT2D eigenvalue weighted by atomic mass is 9.68. The van der Waals surface area contributed by atoms with Gasteiger partial charge in [0, 0.05) is 48.3 Å². The molecule has 352 valence electrons. The zero-order valence-electron chi connectivity index (χ0n) is 38.5. The van der Waals surface area contributed by atoms with Gasteiger partial charge in [-0.1, -0.05) is 80.8 Å². The van der Waals surface area contributed by atoms with Crippen molar-refractivity contribution < 1.29 is 10.4 Å². The number of rotatable bonds is 5. The van der Waals surface area contributed by atoms with E-state index in [4.69, 9.17) is 10.9 Å². The molecule has 14 heteroatoms. The van der Waals surface area contributed by atoms with Crippen molar-refractivity contribution >= 4 is 27.9 Å². The van der Waals surface area contributed by atoms with Crippen molar-refractivity contribution in [2.75, 3.05) is 0 Å². The van der Waals surface area contributed by atoms with Crippen molar-refractivity contribution in [3.63, 3.8) is 0 Å². The fourth-order valence-electron chi connectivity index (χ4n) is 15.6. The molecule has 6 N–H and O–H groups in total. The van der Waals surface area contributed by atoms with Gasteiger partial charge in [0.05, 0.1) is 22.1 Å². The zero-order chi connectivity index (χ0) is 45.5. The highest BCUT2D eigenvalue weighted by molar-refractivity contribution is 5.96. The summed E-state index contributed by atoms with van der Waals surface area (Å²) in [4.78, 5) is 41.3. The highest BCUT2D eigenvalue weighted by atomic mass is 16.4. The molecule has 4 aliphatic carbocycles. The second kappa shape index (κ2) is 19.5. The molecular weight excluding hydrogens is 829 g/mol. The molecule has 4 aliphatic heterocycles. The summed E-state index contributed by atoms with van der Waals surface area (Å²) in [7, 11) is 0. The monoisotopic (exact) mass is 899 g/mol. The van der Waals surface area contributed by atoms with Gasteiger partial charge in [-0.15, -0.1) is 0 Å². The molecule has 14 nitrogen and oxygen atoms in total. The van der Waals surface area contributed by atoms with E-state index in [-0.39, 0.29) is 40.4 Å². The molecule has 2 aromatic carbocycles. The van der Waals surface area contributed by atoms with E-state index in [9.17, 15) is 20.1 Å². The standard InChI is InChI=1S/C26H35N5O2.C26H32N4O.H3NO/c27-25(29-33)24-26(32)31(23-10-2-1-9-22(23)28-24)21-14-18-7-4-8-19(15-21)30(18)20-12-16-5-3-6-17(11-16)13-20;27-16-24-26(31)30(25-10-2-1-9-23(25)28-24)22-14-19-7-4-8-20(15-22)29(19)21-12-17-5-3-6-18(11-17)13-21;1-2/h1-2,9-10,16-21,33H,3-8,11-15H2,(H2,27,29);1-2,9-10,17-22H,3-8,11-15H2;2H,1H2/t16?,17?,18-,19+,20?,21?;17?,18?,19-,20+,21?,22?;. The smallest absolute Gasteiger partial charge is 0.288 e. The van der Waals surface area contributed by atoms with E-state index in [0.717, 1.165) is 78.0 Å². The molecule has 0 radical (unpaired) electrons. The molecule has 8 fully saturated rings. The quantitative estimate of drug-likeness (QED) is 0.0651. The van der Waals surface area contributed by atoms with Crippen molar-refractivity contribution in [3.8, 4) is 6.07 Å². The average Bonchev–Trinajstić information content (AvgIpc) is 3.33. The van der Waals surface area contributed by atoms with Gasteiger partial charge in [0.2, 0.25) is 5.69 Å². The van der Waals surface area contributed by atoms with Crippen LogP contribution in [0.1, 0.15) is 165 Å². The van der Waals surface area contributed by atoms with Crippen molar-refractivity contribution in [1.29, 1.82) is 5.26 Å². The molecule has 6 unspecified atom stereocenters. The number of hydrogen-bond acceptors (Lipinski definition) is 11. The Bertz CT molecular complexity index is 2520. The van der Waals surface area contributed by atoms with E-state index in [0.29, 0.717) is 29.7 Å². The number of nitrogens with zero attached hydrogens (tertiary/aromatic N) is 8. The number of aromatic nitrogens is 4. The summed E-state index contributed by atoms with van der Waals surface area (Å²) < 4.78 is 3.84. The Morgan fingerprint density at radius 2 is 0.939 bits per heavy atom. The Balaban J connectivity index is 0.000000150. The van der Waals surface area contributed by atoms with Crippen LogP contribution in [0.5, 0.6) is 0 Å². The molecule has 4 saturated carbocycles. The van der Waals surface area contributed by atoms with Gasteiger partial charge in [0.25, 0.3) is 11.1 Å². The predicted molar refractivity (Wildman–Crippen MR) is 255 cm³/mol. The lowest BCUT2D eigenvalue weighted by molar-refractivity contribution is -0.0487. The summed E-state index contributed by atoms with van der Waals surface area (Å²) in [5, 5.41) is 28.3. The first kappa shape index (κ1) is 45.1. The summed E-state index contributed by atoms with van der Waals surface area (Å²) in [6.45, 7) is 0. The largest absolute Gasteiger partial charge is 0.409 e. The Kier molecular flexibility index (Phi) is 13.3. The van der Waals surface area contributed by atoms with Crippen LogP contribution in [0.3, 0.4) is 0 Å². The Labute approximate surface area is 388 Å². The lowest BCUT2D eigenvalue weighted by Crippen LogP contribution is -2.58. The second-order valence-electron chi connectivity index (χ2n) is 21.5. The van der Waals surface area contributed by atoms with E-state index < -0.39 is 0 Å². The molecule has 4 aromatic rings. The van der Waals surface area contributed by atoms with Crippen LogP contribution in [0, 0.1) is 35.0 Å². The maximum atomic E-state index is 13.5. The number of benzene rings is 2. The van der Waals surface area contributed by atoms with Crippen molar-refractivity contribution in [1.82, 2.24) is 28.9 Å². The molecule has 8 bridgehead atoms. The average molecular weight is 899 g/mol. The van der Waals surface area contributed by atoms with Crippen LogP contribution in [0.2, 0.25) is 0 Å². The van der Waals surface area contributed by atoms with E-state index in [1.807, 2.05) is 63.7 Å². The summed E-state index contributed by atoms with van der Waals surface area (Å²) >= 11 is 0. The molecule has 4 saturated heterocycles. The van der Waals surface area contributed by atoms with Crippen molar-refractivity contribution in [2.45, 2.75) is 190 Å².